The predicted molar refractivity (Wildman–Crippen MR) is 501 cm³/mol. The molecule has 126 heavy (non-hydrogen) atoms. The molecule has 0 saturated carbocycles. The van der Waals surface area contributed by atoms with Gasteiger partial charge in [0.25, 0.3) is 22.2 Å². The Morgan fingerprint density at radius 1 is 0.492 bits per heavy atom. The molecule has 32 nitrogen and oxygen atoms in total. The molecule has 1 atom stereocenters. The van der Waals surface area contributed by atoms with Gasteiger partial charge in [-0.1, -0.05) is 81.5 Å². The van der Waals surface area contributed by atoms with E-state index in [1.807, 2.05) is 45.4 Å². The van der Waals surface area contributed by atoms with Gasteiger partial charge in [-0.25, -0.2) is 39.7 Å². The molecule has 8 N–H and O–H groups in total. The number of methoxy groups -OCH3 is 1. The zero-order valence-corrected chi connectivity index (χ0v) is 74.3. The number of halogens is 1. The van der Waals surface area contributed by atoms with Gasteiger partial charge in [-0.3, -0.25) is 66.2 Å². The summed E-state index contributed by atoms with van der Waals surface area (Å²) in [4.78, 5) is 148. The number of aryl methyl sites for hydroxylation is 4. The summed E-state index contributed by atoms with van der Waals surface area (Å²) < 4.78 is 28.7. The molecule has 1 unspecified atom stereocenters. The van der Waals surface area contributed by atoms with Crippen LogP contribution in [0.2, 0.25) is 0 Å². The van der Waals surface area contributed by atoms with Crippen molar-refractivity contribution < 1.29 is 75.4 Å². The maximum Gasteiger partial charge on any atom is 0.412 e. The zero-order valence-electron chi connectivity index (χ0n) is 70.4. The second-order valence-corrected chi connectivity index (χ2v) is 31.4. The normalized spacial score (nSPS) is 11.6. The molecule has 0 spiro atoms. The van der Waals surface area contributed by atoms with Crippen LogP contribution in [0.25, 0.3) is 66.9 Å². The first-order valence-corrected chi connectivity index (χ1v) is 42.0. The molecule has 8 aromatic heterocycles. The summed E-state index contributed by atoms with van der Waals surface area (Å²) in [6.07, 6.45) is 16.0. The summed E-state index contributed by atoms with van der Waals surface area (Å²) in [5.74, 6) is -0.0143. The standard InChI is InChI=1S/C29H31N7O3.C20H22N4O3S.C18H16N4O3S.C18H16N4O2S.C3H3ClO.CH4.Ar.H3N/c1-5-26(37)31-20-7-6-8-22(16-20)36-27(38)15-19(2)23-18-30-29(33-28(23)36)32-24-10-9-21(17-25(24)39-4)35-13-11-34(3)12-14-35;1-12-9-16(25)24(17-15(12)11-21-18(23-17)28-5)14-8-6-7-13(10-14)22-19(26)27-20(2,3)4;1-4-15(23)20-12-6-5-7-13(9-12)22-16(24)8-11(2)14-10-19-18(26(3)25)21-17(14)22;1-4-15(23)20-12-6-5-7-13(9-12)22-16(24)8-11(2)14-10-19-18(25-3)21-17(14)22;1-2-3(4)5;;;/h5-10,15-18H,1,11-14H2,2-4H3,(H,31,37)(H,30,32,33);6-11H,1-5H3,(H,22,26);4-10H,1H2,2-3H3,(H,20,23);4-10H,1H2,2-3H3,(H,20,23);2H,1H2;1H4;;1H3. The number of pyridine rings is 4. The van der Waals surface area contributed by atoms with E-state index in [1.54, 1.807) is 175 Å². The minimum Gasteiger partial charge on any atom is -0.494 e. The summed E-state index contributed by atoms with van der Waals surface area (Å²) >= 11 is 7.52. The third kappa shape index (κ3) is 25.7. The van der Waals surface area contributed by atoms with E-state index in [9.17, 15) is 47.4 Å². The summed E-state index contributed by atoms with van der Waals surface area (Å²) in [6.45, 7) is 30.1. The molecule has 13 aromatic rings. The fourth-order valence-corrected chi connectivity index (χ4v) is 13.5. The number of aromatic nitrogens is 12. The molecule has 0 aliphatic carbocycles. The number of carbonyl (C=O) groups excluding carboxylic acids is 5. The van der Waals surface area contributed by atoms with Crippen molar-refractivity contribution in [1.29, 1.82) is 0 Å². The van der Waals surface area contributed by atoms with Crippen LogP contribution in [0.15, 0.2) is 250 Å². The maximum absolute atomic E-state index is 13.2. The van der Waals surface area contributed by atoms with Crippen LogP contribution in [0.3, 0.4) is 0 Å². The Kier molecular flexibility index (Phi) is 36.5. The van der Waals surface area contributed by atoms with Gasteiger partial charge >= 0.3 is 6.09 Å². The minimum atomic E-state index is -1.38. The third-order valence-corrected chi connectivity index (χ3v) is 20.3. The van der Waals surface area contributed by atoms with E-state index in [-0.39, 0.29) is 96.4 Å². The molecular weight excluding hydrogens is 1710 g/mol. The Bertz CT molecular complexity index is 6590. The van der Waals surface area contributed by atoms with Gasteiger partial charge in [0, 0.05) is 175 Å². The zero-order chi connectivity index (χ0) is 89.1. The van der Waals surface area contributed by atoms with Gasteiger partial charge in [0.15, 0.2) is 32.9 Å². The van der Waals surface area contributed by atoms with Gasteiger partial charge in [-0.15, -0.1) is 0 Å². The Morgan fingerprint density at radius 3 is 1.18 bits per heavy atom. The molecule has 1 saturated heterocycles. The monoisotopic (exact) mass is 1810 g/mol. The average Bonchev–Trinajstić information content (AvgIpc) is 0.781. The van der Waals surface area contributed by atoms with Crippen molar-refractivity contribution in [1.82, 2.24) is 69.2 Å². The molecule has 1 aliphatic rings. The molecule has 656 valence electrons. The first-order valence-electron chi connectivity index (χ1n) is 37.7. The Labute approximate surface area is 772 Å². The number of rotatable bonds is 19. The number of thioether (sulfide) groups is 2. The van der Waals surface area contributed by atoms with Crippen molar-refractivity contribution in [3.8, 4) is 28.5 Å². The second-order valence-electron chi connectivity index (χ2n) is 28.2. The summed E-state index contributed by atoms with van der Waals surface area (Å²) in [5.41, 5.74) is 9.71. The molecule has 0 bridgehead atoms. The SMILES string of the molecule is C.C=CC(=O)Cl.C=CC(=O)Nc1cccc(-n2c(=O)cc(C)c3cnc(Nc4ccc(N5CCN(C)CC5)cc4OC)nc32)c1.C=CC(=O)Nc1cccc(-n2c(=O)cc(C)c3cnc(S(C)=O)nc32)c1.C=CC(=O)Nc1cccc(-n2c(=O)cc(C)c3cnc(SC)nc32)c1.CSc1ncc2c(C)cc(=O)n(-c3cccc(NC(=O)OC(C)(C)C)c3)c2n1.N.[Ar]. The smallest absolute Gasteiger partial charge is 0.412 e. The topological polar surface area (TPSA) is 414 Å². The number of allylic oxidation sites excluding steroid dienone is 1. The summed E-state index contributed by atoms with van der Waals surface area (Å²) in [6, 6.07) is 40.0. The number of amides is 4. The first-order chi connectivity index (χ1) is 58.7. The number of anilines is 7. The first kappa shape index (κ1) is 100. The number of ether oxygens (including phenoxy) is 2. The van der Waals surface area contributed by atoms with Crippen molar-refractivity contribution in [3.05, 3.63) is 279 Å². The minimum absolute atomic E-state index is 0. The van der Waals surface area contributed by atoms with E-state index < -0.39 is 27.7 Å². The number of hydrogen-bond acceptors (Lipinski definition) is 26. The number of nitrogens with one attached hydrogen (secondary N) is 5. The van der Waals surface area contributed by atoms with Gasteiger partial charge in [-0.05, 0) is 211 Å². The molecule has 5 aromatic carbocycles. The van der Waals surface area contributed by atoms with E-state index in [4.69, 9.17) is 26.1 Å². The number of carbonyl (C=O) groups is 5. The van der Waals surface area contributed by atoms with Gasteiger partial charge in [0.1, 0.15) is 11.4 Å². The van der Waals surface area contributed by atoms with Crippen molar-refractivity contribution in [2.24, 2.45) is 0 Å². The molecular formula is C89H95ArClN20O12S3. The van der Waals surface area contributed by atoms with Gasteiger partial charge in [0.2, 0.25) is 34.1 Å². The summed E-state index contributed by atoms with van der Waals surface area (Å²) in [7, 11) is 2.38. The van der Waals surface area contributed by atoms with Crippen LogP contribution in [0, 0.1) is 65.4 Å². The van der Waals surface area contributed by atoms with Crippen LogP contribution in [0.5, 0.6) is 5.75 Å². The van der Waals surface area contributed by atoms with E-state index in [0.717, 1.165) is 82.4 Å². The van der Waals surface area contributed by atoms with Crippen molar-refractivity contribution in [2.75, 3.05) is 90.6 Å². The average molecular weight is 1810 g/mol. The number of fused-ring (bicyclic) bond motifs is 4. The number of benzene rings is 5. The molecule has 37 heteroatoms. The fraction of sp³-hybridized carbons (Fsp3) is 0.202. The van der Waals surface area contributed by atoms with Crippen LogP contribution >= 0.6 is 35.1 Å². The van der Waals surface area contributed by atoms with Gasteiger partial charge in [0.05, 0.1) is 46.3 Å². The number of likely N-dealkylation sites (N-methyl/N-ethyl adjacent to an activating group) is 1. The third-order valence-electron chi connectivity index (χ3n) is 18.3. The van der Waals surface area contributed by atoms with Gasteiger partial charge < -0.3 is 46.7 Å². The van der Waals surface area contributed by atoms with Crippen molar-refractivity contribution >= 4 is 159 Å². The van der Waals surface area contributed by atoms with E-state index in [2.05, 4.69) is 111 Å². The van der Waals surface area contributed by atoms with E-state index in [0.29, 0.717) is 101 Å². The summed E-state index contributed by atoms with van der Waals surface area (Å²) in [5, 5.41) is 17.8. The number of piperazine rings is 1. The van der Waals surface area contributed by atoms with E-state index >= 15 is 0 Å². The van der Waals surface area contributed by atoms with Crippen LogP contribution in [0.4, 0.5) is 44.9 Å². The largest absolute Gasteiger partial charge is 0.494 e. The molecule has 1 fully saturated rings. The predicted octanol–water partition coefficient (Wildman–Crippen LogP) is 14.5. The Balaban J connectivity index is 0.000000228. The number of hydrogen-bond donors (Lipinski definition) is 6. The van der Waals surface area contributed by atoms with Gasteiger partial charge in [-0.2, -0.15) is 4.98 Å². The van der Waals surface area contributed by atoms with Crippen LogP contribution in [-0.4, -0.2) is 161 Å². The van der Waals surface area contributed by atoms with Crippen molar-refractivity contribution in [2.45, 2.75) is 77.0 Å². The van der Waals surface area contributed by atoms with Crippen LogP contribution in [-0.2, 0) is 34.7 Å². The fourth-order valence-electron chi connectivity index (χ4n) is 12.4. The Hall–Kier alpha value is -12.7. The maximum atomic E-state index is 13.2. The molecule has 0 radical (unpaired) electrons. The molecule has 4 amide bonds. The van der Waals surface area contributed by atoms with Crippen LogP contribution < -0.4 is 64.6 Å². The molecule has 1 aliphatic heterocycles. The second kappa shape index (κ2) is 45.8. The molecule has 14 rings (SSSR count). The van der Waals surface area contributed by atoms with Crippen LogP contribution in [0.1, 0.15) is 50.5 Å². The van der Waals surface area contributed by atoms with Crippen molar-refractivity contribution in [3.63, 3.8) is 0 Å². The number of nitrogens with zero attached hydrogens (tertiary/aromatic N) is 14. The van der Waals surface area contributed by atoms with E-state index in [1.165, 1.54) is 66.3 Å². The molecule has 9 heterocycles. The Morgan fingerprint density at radius 2 is 0.841 bits per heavy atom. The quantitative estimate of drug-likeness (QED) is 0.0189.